The first-order valence-corrected chi connectivity index (χ1v) is 6.69. The minimum absolute atomic E-state index is 0.120. The fraction of sp³-hybridized carbons (Fsp3) is 1.00. The fourth-order valence-electron chi connectivity index (χ4n) is 1.32. The van der Waals surface area contributed by atoms with Crippen molar-refractivity contribution in [3.63, 3.8) is 0 Å². The van der Waals surface area contributed by atoms with Crippen LogP contribution >= 0.6 is 0 Å². The second kappa shape index (κ2) is 7.51. The highest BCUT2D eigenvalue weighted by Crippen LogP contribution is 2.07. The molecule has 13 heavy (non-hydrogen) atoms. The summed E-state index contributed by atoms with van der Waals surface area (Å²) in [5, 5.41) is 0. The summed E-state index contributed by atoms with van der Waals surface area (Å²) in [5.41, 5.74) is 5.73. The van der Waals surface area contributed by atoms with Crippen molar-refractivity contribution in [3.05, 3.63) is 0 Å². The van der Waals surface area contributed by atoms with Gasteiger partial charge in [0.15, 0.2) is 0 Å². The van der Waals surface area contributed by atoms with E-state index in [2.05, 4.69) is 13.8 Å². The summed E-state index contributed by atoms with van der Waals surface area (Å²) >= 11 is 0. The van der Waals surface area contributed by atoms with E-state index in [0.717, 1.165) is 12.2 Å². The Labute approximate surface area is 84.7 Å². The number of hydrogen-bond donors (Lipinski definition) is 1. The van der Waals surface area contributed by atoms with Crippen LogP contribution < -0.4 is 5.73 Å². The largest absolute Gasteiger partial charge is 0.327 e. The van der Waals surface area contributed by atoms with Gasteiger partial charge in [0, 0.05) is 28.3 Å². The third-order valence-corrected chi connectivity index (χ3v) is 3.92. The molecule has 0 aliphatic carbocycles. The zero-order valence-corrected chi connectivity index (χ0v) is 9.90. The molecule has 80 valence electrons. The molecule has 0 saturated carbocycles. The lowest BCUT2D eigenvalue weighted by atomic mass is 10.1. The summed E-state index contributed by atoms with van der Waals surface area (Å²) in [5.74, 6) is 2.07. The predicted molar refractivity (Wildman–Crippen MR) is 60.2 cm³/mol. The molecule has 0 aliphatic rings. The quantitative estimate of drug-likeness (QED) is 0.690. The van der Waals surface area contributed by atoms with Crippen LogP contribution in [0.3, 0.4) is 0 Å². The molecule has 0 rings (SSSR count). The van der Waals surface area contributed by atoms with E-state index >= 15 is 0 Å². The summed E-state index contributed by atoms with van der Waals surface area (Å²) in [6, 6.07) is 0.120. The van der Waals surface area contributed by atoms with Crippen molar-refractivity contribution >= 4 is 10.8 Å². The van der Waals surface area contributed by atoms with Crippen LogP contribution in [0, 0.1) is 5.92 Å². The predicted octanol–water partition coefficient (Wildman–Crippen LogP) is 1.91. The Kier molecular flexibility index (Phi) is 7.57. The Balaban J connectivity index is 3.61. The molecule has 0 radical (unpaired) electrons. The van der Waals surface area contributed by atoms with E-state index in [1.54, 1.807) is 0 Å². The zero-order chi connectivity index (χ0) is 10.3. The molecule has 0 bridgehead atoms. The second-order valence-electron chi connectivity index (χ2n) is 3.84. The summed E-state index contributed by atoms with van der Waals surface area (Å²) in [4.78, 5) is 0. The standard InChI is InChI=1S/C10H23NOS/c1-4-6-9(3)7-13(12)8-10(11)5-2/h9-10H,4-8,11H2,1-3H3. The lowest BCUT2D eigenvalue weighted by molar-refractivity contribution is 0.572. The van der Waals surface area contributed by atoms with Crippen LogP contribution in [-0.2, 0) is 10.8 Å². The van der Waals surface area contributed by atoms with Gasteiger partial charge in [-0.05, 0) is 12.3 Å². The molecule has 0 aromatic carbocycles. The van der Waals surface area contributed by atoms with Crippen molar-refractivity contribution in [2.75, 3.05) is 11.5 Å². The molecule has 0 spiro atoms. The minimum Gasteiger partial charge on any atom is -0.327 e. The maximum atomic E-state index is 11.5. The Morgan fingerprint density at radius 3 is 2.38 bits per heavy atom. The third-order valence-electron chi connectivity index (χ3n) is 2.18. The SMILES string of the molecule is CCCC(C)CS(=O)CC(N)CC. The van der Waals surface area contributed by atoms with Gasteiger partial charge in [0.05, 0.1) is 0 Å². The Bertz CT molecular complexity index is 150. The van der Waals surface area contributed by atoms with Crippen LogP contribution in [0.25, 0.3) is 0 Å². The van der Waals surface area contributed by atoms with Gasteiger partial charge in [-0.2, -0.15) is 0 Å². The van der Waals surface area contributed by atoms with Crippen LogP contribution in [0.5, 0.6) is 0 Å². The van der Waals surface area contributed by atoms with E-state index in [-0.39, 0.29) is 6.04 Å². The van der Waals surface area contributed by atoms with Gasteiger partial charge in [-0.3, -0.25) is 4.21 Å². The summed E-state index contributed by atoms with van der Waals surface area (Å²) in [6.07, 6.45) is 3.28. The molecule has 0 saturated heterocycles. The van der Waals surface area contributed by atoms with Gasteiger partial charge >= 0.3 is 0 Å². The molecule has 3 unspecified atom stereocenters. The van der Waals surface area contributed by atoms with Crippen LogP contribution in [0.4, 0.5) is 0 Å². The molecule has 0 aromatic rings. The van der Waals surface area contributed by atoms with Crippen LogP contribution in [0.15, 0.2) is 0 Å². The number of rotatable bonds is 7. The molecule has 3 heteroatoms. The second-order valence-corrected chi connectivity index (χ2v) is 5.38. The highest BCUT2D eigenvalue weighted by atomic mass is 32.2. The molecule has 0 aromatic heterocycles. The van der Waals surface area contributed by atoms with E-state index in [4.69, 9.17) is 5.73 Å². The first kappa shape index (κ1) is 13.1. The summed E-state index contributed by atoms with van der Waals surface area (Å²) in [7, 11) is -0.707. The highest BCUT2D eigenvalue weighted by molar-refractivity contribution is 7.85. The fourth-order valence-corrected chi connectivity index (χ4v) is 2.97. The van der Waals surface area contributed by atoms with Crippen molar-refractivity contribution in [2.45, 2.75) is 46.1 Å². The lowest BCUT2D eigenvalue weighted by Crippen LogP contribution is -2.28. The van der Waals surface area contributed by atoms with E-state index < -0.39 is 10.8 Å². The van der Waals surface area contributed by atoms with Crippen LogP contribution in [0.2, 0.25) is 0 Å². The van der Waals surface area contributed by atoms with Crippen LogP contribution in [-0.4, -0.2) is 21.8 Å². The molecule has 2 N–H and O–H groups in total. The van der Waals surface area contributed by atoms with Gasteiger partial charge in [-0.1, -0.05) is 33.6 Å². The van der Waals surface area contributed by atoms with E-state index in [1.807, 2.05) is 6.92 Å². The van der Waals surface area contributed by atoms with Gasteiger partial charge in [-0.25, -0.2) is 0 Å². The average molecular weight is 205 g/mol. The summed E-state index contributed by atoms with van der Waals surface area (Å²) in [6.45, 7) is 6.37. The van der Waals surface area contributed by atoms with E-state index in [1.165, 1.54) is 12.8 Å². The Morgan fingerprint density at radius 2 is 1.92 bits per heavy atom. The van der Waals surface area contributed by atoms with Gasteiger partial charge < -0.3 is 5.73 Å². The van der Waals surface area contributed by atoms with Gasteiger partial charge in [0.2, 0.25) is 0 Å². The maximum Gasteiger partial charge on any atom is 0.0386 e. The lowest BCUT2D eigenvalue weighted by Gasteiger charge is -2.12. The third kappa shape index (κ3) is 7.20. The molecule has 0 aliphatic heterocycles. The smallest absolute Gasteiger partial charge is 0.0386 e. The van der Waals surface area contributed by atoms with Gasteiger partial charge in [0.1, 0.15) is 0 Å². The van der Waals surface area contributed by atoms with Gasteiger partial charge in [-0.15, -0.1) is 0 Å². The van der Waals surface area contributed by atoms with Crippen molar-refractivity contribution in [1.29, 1.82) is 0 Å². The summed E-state index contributed by atoms with van der Waals surface area (Å²) < 4.78 is 11.5. The minimum atomic E-state index is -0.707. The highest BCUT2D eigenvalue weighted by Gasteiger charge is 2.09. The topological polar surface area (TPSA) is 43.1 Å². The molecule has 0 fully saturated rings. The maximum absolute atomic E-state index is 11.5. The van der Waals surface area contributed by atoms with Gasteiger partial charge in [0.25, 0.3) is 0 Å². The molecular formula is C10H23NOS. The first-order chi connectivity index (χ1) is 6.10. The molecule has 0 heterocycles. The monoisotopic (exact) mass is 205 g/mol. The average Bonchev–Trinajstić information content (AvgIpc) is 2.04. The van der Waals surface area contributed by atoms with Crippen LogP contribution in [0.1, 0.15) is 40.0 Å². The number of nitrogens with two attached hydrogens (primary N) is 1. The normalized spacial score (nSPS) is 18.2. The van der Waals surface area contributed by atoms with E-state index in [9.17, 15) is 4.21 Å². The van der Waals surface area contributed by atoms with Crippen molar-refractivity contribution in [1.82, 2.24) is 0 Å². The van der Waals surface area contributed by atoms with Crippen molar-refractivity contribution < 1.29 is 4.21 Å². The number of hydrogen-bond acceptors (Lipinski definition) is 2. The molecule has 0 amide bonds. The molecular weight excluding hydrogens is 182 g/mol. The Morgan fingerprint density at radius 1 is 1.31 bits per heavy atom. The first-order valence-electron chi connectivity index (χ1n) is 5.20. The van der Waals surface area contributed by atoms with Crippen molar-refractivity contribution in [3.8, 4) is 0 Å². The Hall–Kier alpha value is 0.110. The molecule has 2 nitrogen and oxygen atoms in total. The zero-order valence-electron chi connectivity index (χ0n) is 9.08. The van der Waals surface area contributed by atoms with E-state index in [0.29, 0.717) is 11.7 Å². The van der Waals surface area contributed by atoms with Crippen molar-refractivity contribution in [2.24, 2.45) is 11.7 Å². The molecule has 3 atom stereocenters.